The summed E-state index contributed by atoms with van der Waals surface area (Å²) < 4.78 is 22.3. The zero-order valence-corrected chi connectivity index (χ0v) is 12.2. The molecule has 4 nitrogen and oxygen atoms in total. The second-order valence-electron chi connectivity index (χ2n) is 4.31. The van der Waals surface area contributed by atoms with Gasteiger partial charge in [0.15, 0.2) is 0 Å². The highest BCUT2D eigenvalue weighted by molar-refractivity contribution is 7.89. The molecule has 1 atom stereocenters. The van der Waals surface area contributed by atoms with E-state index in [4.69, 9.17) is 5.14 Å². The third-order valence-corrected chi connectivity index (χ3v) is 4.82. The van der Waals surface area contributed by atoms with Crippen LogP contribution in [0.4, 0.5) is 0 Å². The summed E-state index contributed by atoms with van der Waals surface area (Å²) in [7, 11) is -3.61. The minimum atomic E-state index is -3.61. The standard InChI is InChI=1S/C13H16N2O2S2/c1-10(13-3-2-8-18-13)15-9-11-4-6-12(7-5-11)19(14,16)17/h2-8,10,15H,9H2,1H3,(H2,14,16,17). The lowest BCUT2D eigenvalue weighted by Crippen LogP contribution is -2.17. The molecule has 19 heavy (non-hydrogen) atoms. The van der Waals surface area contributed by atoms with E-state index in [0.717, 1.165) is 5.56 Å². The van der Waals surface area contributed by atoms with E-state index in [2.05, 4.69) is 23.7 Å². The Morgan fingerprint density at radius 3 is 2.47 bits per heavy atom. The van der Waals surface area contributed by atoms with Crippen LogP contribution < -0.4 is 10.5 Å². The number of nitrogens with two attached hydrogens (primary N) is 1. The molecule has 6 heteroatoms. The Kier molecular flexibility index (Phi) is 4.36. The Labute approximate surface area is 117 Å². The fourth-order valence-electron chi connectivity index (χ4n) is 1.71. The molecule has 0 aliphatic rings. The van der Waals surface area contributed by atoms with Crippen molar-refractivity contribution in [1.29, 1.82) is 0 Å². The van der Waals surface area contributed by atoms with Gasteiger partial charge in [-0.25, -0.2) is 13.6 Å². The molecule has 3 N–H and O–H groups in total. The molecule has 0 bridgehead atoms. The molecule has 1 heterocycles. The van der Waals surface area contributed by atoms with E-state index in [1.54, 1.807) is 23.5 Å². The maximum Gasteiger partial charge on any atom is 0.238 e. The number of sulfonamides is 1. The highest BCUT2D eigenvalue weighted by Gasteiger charge is 2.08. The molecule has 1 unspecified atom stereocenters. The summed E-state index contributed by atoms with van der Waals surface area (Å²) in [5, 5.41) is 10.5. The van der Waals surface area contributed by atoms with Crippen molar-refractivity contribution in [1.82, 2.24) is 5.32 Å². The second-order valence-corrected chi connectivity index (χ2v) is 6.85. The summed E-state index contributed by atoms with van der Waals surface area (Å²) >= 11 is 1.71. The van der Waals surface area contributed by atoms with Crippen molar-refractivity contribution in [3.63, 3.8) is 0 Å². The first-order valence-corrected chi connectivity index (χ1v) is 8.28. The van der Waals surface area contributed by atoms with Gasteiger partial charge in [0.05, 0.1) is 4.90 Å². The van der Waals surface area contributed by atoms with Gasteiger partial charge in [-0.1, -0.05) is 18.2 Å². The maximum atomic E-state index is 11.1. The van der Waals surface area contributed by atoms with Crippen LogP contribution in [0.1, 0.15) is 23.4 Å². The lowest BCUT2D eigenvalue weighted by atomic mass is 10.2. The number of nitrogens with one attached hydrogen (secondary N) is 1. The minimum Gasteiger partial charge on any atom is -0.305 e. The summed E-state index contributed by atoms with van der Waals surface area (Å²) in [5.41, 5.74) is 1.02. The molecule has 102 valence electrons. The largest absolute Gasteiger partial charge is 0.305 e. The van der Waals surface area contributed by atoms with Gasteiger partial charge in [-0.2, -0.15) is 0 Å². The van der Waals surface area contributed by atoms with Gasteiger partial charge in [0, 0.05) is 17.5 Å². The summed E-state index contributed by atoms with van der Waals surface area (Å²) in [4.78, 5) is 1.42. The molecule has 1 aromatic heterocycles. The maximum absolute atomic E-state index is 11.1. The number of benzene rings is 1. The second kappa shape index (κ2) is 5.83. The quantitative estimate of drug-likeness (QED) is 0.889. The van der Waals surface area contributed by atoms with Crippen LogP contribution >= 0.6 is 11.3 Å². The van der Waals surface area contributed by atoms with E-state index < -0.39 is 10.0 Å². The van der Waals surface area contributed by atoms with Crippen LogP contribution in [0.5, 0.6) is 0 Å². The summed E-state index contributed by atoms with van der Waals surface area (Å²) in [6.07, 6.45) is 0. The third kappa shape index (κ3) is 3.87. The molecule has 0 radical (unpaired) electrons. The Morgan fingerprint density at radius 2 is 1.95 bits per heavy atom. The first kappa shape index (κ1) is 14.2. The van der Waals surface area contributed by atoms with E-state index in [-0.39, 0.29) is 10.9 Å². The van der Waals surface area contributed by atoms with Crippen molar-refractivity contribution in [2.75, 3.05) is 0 Å². The molecule has 0 amide bonds. The van der Waals surface area contributed by atoms with Crippen molar-refractivity contribution in [2.45, 2.75) is 24.4 Å². The van der Waals surface area contributed by atoms with Crippen LogP contribution in [0.3, 0.4) is 0 Å². The predicted octanol–water partition coefficient (Wildman–Crippen LogP) is 2.25. The van der Waals surface area contributed by atoms with Gasteiger partial charge in [-0.3, -0.25) is 0 Å². The van der Waals surface area contributed by atoms with Crippen LogP contribution in [0.25, 0.3) is 0 Å². The molecular weight excluding hydrogens is 280 g/mol. The Hall–Kier alpha value is -1.21. The predicted molar refractivity (Wildman–Crippen MR) is 77.4 cm³/mol. The SMILES string of the molecule is CC(NCc1ccc(S(N)(=O)=O)cc1)c1cccs1. The third-order valence-electron chi connectivity index (χ3n) is 2.83. The van der Waals surface area contributed by atoms with Gasteiger partial charge in [-0.05, 0) is 36.1 Å². The van der Waals surface area contributed by atoms with Gasteiger partial charge in [-0.15, -0.1) is 11.3 Å². The number of thiophene rings is 1. The van der Waals surface area contributed by atoms with Crippen LogP contribution in [-0.2, 0) is 16.6 Å². The summed E-state index contributed by atoms with van der Waals surface area (Å²) in [5.74, 6) is 0. The fraction of sp³-hybridized carbons (Fsp3) is 0.231. The smallest absolute Gasteiger partial charge is 0.238 e. The average Bonchev–Trinajstić information content (AvgIpc) is 2.89. The van der Waals surface area contributed by atoms with Gasteiger partial charge in [0.2, 0.25) is 10.0 Å². The molecule has 0 saturated carbocycles. The minimum absolute atomic E-state index is 0.141. The van der Waals surface area contributed by atoms with E-state index in [1.165, 1.54) is 17.0 Å². The summed E-state index contributed by atoms with van der Waals surface area (Å²) in [6, 6.07) is 11.0. The highest BCUT2D eigenvalue weighted by atomic mass is 32.2. The summed E-state index contributed by atoms with van der Waals surface area (Å²) in [6.45, 7) is 2.79. The average molecular weight is 296 g/mol. The number of hydrogen-bond donors (Lipinski definition) is 2. The zero-order chi connectivity index (χ0) is 13.9. The first-order chi connectivity index (χ1) is 8.97. The molecule has 0 aliphatic carbocycles. The molecule has 1 aromatic carbocycles. The molecule has 2 rings (SSSR count). The highest BCUT2D eigenvalue weighted by Crippen LogP contribution is 2.18. The van der Waals surface area contributed by atoms with Crippen LogP contribution in [0.2, 0.25) is 0 Å². The van der Waals surface area contributed by atoms with Gasteiger partial charge in [0.25, 0.3) is 0 Å². The van der Waals surface area contributed by atoms with Gasteiger partial charge < -0.3 is 5.32 Å². The van der Waals surface area contributed by atoms with Crippen molar-refractivity contribution in [3.05, 3.63) is 52.2 Å². The van der Waals surface area contributed by atoms with Crippen molar-refractivity contribution >= 4 is 21.4 Å². The van der Waals surface area contributed by atoms with Crippen LogP contribution in [0, 0.1) is 0 Å². The van der Waals surface area contributed by atoms with E-state index in [1.807, 2.05) is 6.07 Å². The molecule has 0 spiro atoms. The van der Waals surface area contributed by atoms with E-state index in [0.29, 0.717) is 6.54 Å². The van der Waals surface area contributed by atoms with Crippen molar-refractivity contribution in [2.24, 2.45) is 5.14 Å². The van der Waals surface area contributed by atoms with Gasteiger partial charge >= 0.3 is 0 Å². The Morgan fingerprint density at radius 1 is 1.26 bits per heavy atom. The molecule has 2 aromatic rings. The molecular formula is C13H16N2O2S2. The zero-order valence-electron chi connectivity index (χ0n) is 10.5. The van der Waals surface area contributed by atoms with E-state index in [9.17, 15) is 8.42 Å². The molecule has 0 saturated heterocycles. The topological polar surface area (TPSA) is 72.2 Å². The lowest BCUT2D eigenvalue weighted by Gasteiger charge is -2.12. The number of hydrogen-bond acceptors (Lipinski definition) is 4. The molecule has 0 aliphatic heterocycles. The Balaban J connectivity index is 1.97. The first-order valence-electron chi connectivity index (χ1n) is 5.85. The van der Waals surface area contributed by atoms with Crippen molar-refractivity contribution in [3.8, 4) is 0 Å². The Bertz CT molecular complexity index is 619. The van der Waals surface area contributed by atoms with E-state index >= 15 is 0 Å². The van der Waals surface area contributed by atoms with Gasteiger partial charge in [0.1, 0.15) is 0 Å². The van der Waals surface area contributed by atoms with Crippen LogP contribution in [0.15, 0.2) is 46.7 Å². The molecule has 0 fully saturated rings. The number of rotatable bonds is 5. The van der Waals surface area contributed by atoms with Crippen molar-refractivity contribution < 1.29 is 8.42 Å². The fourth-order valence-corrected chi connectivity index (χ4v) is 2.98. The normalized spacial score (nSPS) is 13.4. The monoisotopic (exact) mass is 296 g/mol. The number of primary sulfonamides is 1. The lowest BCUT2D eigenvalue weighted by molar-refractivity contribution is 0.582. The van der Waals surface area contributed by atoms with Crippen LogP contribution in [-0.4, -0.2) is 8.42 Å².